The molecule has 2 N–H and O–H groups in total. The molecule has 4 rings (SSSR count). The Morgan fingerprint density at radius 2 is 1.93 bits per heavy atom. The molecule has 1 saturated heterocycles. The summed E-state index contributed by atoms with van der Waals surface area (Å²) in [5.41, 5.74) is 3.49. The quantitative estimate of drug-likeness (QED) is 0.833. The van der Waals surface area contributed by atoms with Crippen LogP contribution in [-0.4, -0.2) is 54.4 Å². The molecule has 3 heterocycles. The van der Waals surface area contributed by atoms with Crippen LogP contribution < -0.4 is 15.5 Å². The van der Waals surface area contributed by atoms with E-state index in [2.05, 4.69) is 20.5 Å². The Kier molecular flexibility index (Phi) is 5.76. The van der Waals surface area contributed by atoms with Gasteiger partial charge in [-0.2, -0.15) is 0 Å². The first-order valence-corrected chi connectivity index (χ1v) is 10.2. The lowest BCUT2D eigenvalue weighted by Gasteiger charge is -2.32. The number of pyridine rings is 1. The maximum absolute atomic E-state index is 12.8. The van der Waals surface area contributed by atoms with Gasteiger partial charge in [0, 0.05) is 63.6 Å². The third-order valence-electron chi connectivity index (χ3n) is 5.70. The SMILES string of the molecule is CN1CCC(=O)Nc2cc(C(=O)NC3CCN(Cc4ccncc4)CC3)ccc21. The zero-order valence-corrected chi connectivity index (χ0v) is 16.7. The number of nitrogens with zero attached hydrogens (tertiary/aromatic N) is 3. The standard InChI is InChI=1S/C22H27N5O2/c1-26-11-8-21(28)25-19-14-17(2-3-20(19)26)22(29)24-18-6-12-27(13-7-18)15-16-4-9-23-10-5-16/h2-5,9-10,14,18H,6-8,11-13,15H2,1H3,(H,24,29)(H,25,28). The molecule has 0 radical (unpaired) electrons. The number of likely N-dealkylation sites (tertiary alicyclic amines) is 1. The van der Waals surface area contributed by atoms with Crippen LogP contribution in [0.3, 0.4) is 0 Å². The van der Waals surface area contributed by atoms with E-state index in [4.69, 9.17) is 0 Å². The van der Waals surface area contributed by atoms with E-state index < -0.39 is 0 Å². The Bertz CT molecular complexity index is 878. The fourth-order valence-electron chi connectivity index (χ4n) is 3.96. The van der Waals surface area contributed by atoms with Crippen LogP contribution in [0.2, 0.25) is 0 Å². The van der Waals surface area contributed by atoms with Crippen molar-refractivity contribution in [2.45, 2.75) is 31.8 Å². The van der Waals surface area contributed by atoms with E-state index in [0.29, 0.717) is 24.2 Å². The zero-order valence-electron chi connectivity index (χ0n) is 16.7. The first-order valence-electron chi connectivity index (χ1n) is 10.2. The summed E-state index contributed by atoms with van der Waals surface area (Å²) < 4.78 is 0. The topological polar surface area (TPSA) is 77.6 Å². The summed E-state index contributed by atoms with van der Waals surface area (Å²) >= 11 is 0. The first kappa shape index (κ1) is 19.4. The van der Waals surface area contributed by atoms with Gasteiger partial charge >= 0.3 is 0 Å². The molecule has 2 aliphatic heterocycles. The minimum absolute atomic E-state index is 0.0188. The van der Waals surface area contributed by atoms with Gasteiger partial charge in [0.15, 0.2) is 0 Å². The number of rotatable bonds is 4. The Hall–Kier alpha value is -2.93. The maximum atomic E-state index is 12.8. The van der Waals surface area contributed by atoms with Crippen LogP contribution in [0.1, 0.15) is 35.2 Å². The lowest BCUT2D eigenvalue weighted by molar-refractivity contribution is -0.115. The highest BCUT2D eigenvalue weighted by Crippen LogP contribution is 2.29. The number of hydrogen-bond acceptors (Lipinski definition) is 5. The lowest BCUT2D eigenvalue weighted by Crippen LogP contribution is -2.44. The summed E-state index contributed by atoms with van der Waals surface area (Å²) in [7, 11) is 1.96. The van der Waals surface area contributed by atoms with E-state index in [1.54, 1.807) is 6.07 Å². The molecule has 1 fully saturated rings. The Morgan fingerprint density at radius 1 is 1.17 bits per heavy atom. The minimum Gasteiger partial charge on any atom is -0.372 e. The number of fused-ring (bicyclic) bond motifs is 1. The highest BCUT2D eigenvalue weighted by Gasteiger charge is 2.23. The Labute approximate surface area is 171 Å². The number of piperidine rings is 1. The van der Waals surface area contributed by atoms with E-state index in [-0.39, 0.29) is 17.9 Å². The summed E-state index contributed by atoms with van der Waals surface area (Å²) in [6.45, 7) is 3.50. The average molecular weight is 393 g/mol. The summed E-state index contributed by atoms with van der Waals surface area (Å²) in [5, 5.41) is 6.07. The number of amides is 2. The molecular formula is C22H27N5O2. The molecule has 1 aromatic carbocycles. The molecule has 7 heteroatoms. The third-order valence-corrected chi connectivity index (χ3v) is 5.70. The minimum atomic E-state index is -0.0819. The molecule has 2 amide bonds. The molecule has 7 nitrogen and oxygen atoms in total. The molecule has 0 saturated carbocycles. The molecule has 29 heavy (non-hydrogen) atoms. The number of carbonyl (C=O) groups excluding carboxylic acids is 2. The molecule has 0 bridgehead atoms. The highest BCUT2D eigenvalue weighted by molar-refractivity contribution is 6.01. The number of anilines is 2. The molecule has 0 unspecified atom stereocenters. The second-order valence-corrected chi connectivity index (χ2v) is 7.83. The maximum Gasteiger partial charge on any atom is 0.251 e. The Morgan fingerprint density at radius 3 is 2.69 bits per heavy atom. The summed E-state index contributed by atoms with van der Waals surface area (Å²) in [4.78, 5) is 33.2. The van der Waals surface area contributed by atoms with Crippen molar-refractivity contribution in [3.05, 3.63) is 53.9 Å². The van der Waals surface area contributed by atoms with Gasteiger partial charge in [0.1, 0.15) is 0 Å². The second-order valence-electron chi connectivity index (χ2n) is 7.83. The number of benzene rings is 1. The van der Waals surface area contributed by atoms with Crippen molar-refractivity contribution in [2.24, 2.45) is 0 Å². The van der Waals surface area contributed by atoms with Crippen molar-refractivity contribution in [3.8, 4) is 0 Å². The van der Waals surface area contributed by atoms with Gasteiger partial charge in [-0.15, -0.1) is 0 Å². The summed E-state index contributed by atoms with van der Waals surface area (Å²) in [6.07, 6.45) is 5.96. The summed E-state index contributed by atoms with van der Waals surface area (Å²) in [6, 6.07) is 9.79. The first-order chi connectivity index (χ1) is 14.1. The molecule has 0 atom stereocenters. The van der Waals surface area contributed by atoms with Gasteiger partial charge in [0.05, 0.1) is 11.4 Å². The zero-order chi connectivity index (χ0) is 20.2. The van der Waals surface area contributed by atoms with Crippen LogP contribution in [0, 0.1) is 0 Å². The summed E-state index contributed by atoms with van der Waals surface area (Å²) in [5.74, 6) is -0.101. The predicted octanol–water partition coefficient (Wildman–Crippen LogP) is 2.25. The monoisotopic (exact) mass is 393 g/mol. The van der Waals surface area contributed by atoms with E-state index in [1.807, 2.05) is 48.6 Å². The van der Waals surface area contributed by atoms with Gasteiger partial charge in [0.2, 0.25) is 5.91 Å². The van der Waals surface area contributed by atoms with Gasteiger partial charge in [-0.1, -0.05) is 0 Å². The number of nitrogens with one attached hydrogen (secondary N) is 2. The van der Waals surface area contributed by atoms with E-state index >= 15 is 0 Å². The van der Waals surface area contributed by atoms with Crippen LogP contribution in [0.15, 0.2) is 42.7 Å². The van der Waals surface area contributed by atoms with Crippen molar-refractivity contribution in [2.75, 3.05) is 36.9 Å². The fraction of sp³-hybridized carbons (Fsp3) is 0.409. The largest absolute Gasteiger partial charge is 0.372 e. The van der Waals surface area contributed by atoms with Crippen LogP contribution in [0.4, 0.5) is 11.4 Å². The number of hydrogen-bond donors (Lipinski definition) is 2. The molecule has 2 aliphatic rings. The van der Waals surface area contributed by atoms with Crippen LogP contribution in [-0.2, 0) is 11.3 Å². The molecular weight excluding hydrogens is 366 g/mol. The van der Waals surface area contributed by atoms with Crippen molar-refractivity contribution in [1.29, 1.82) is 0 Å². The molecule has 0 spiro atoms. The Balaban J connectivity index is 1.34. The number of carbonyl (C=O) groups is 2. The van der Waals surface area contributed by atoms with Crippen molar-refractivity contribution in [3.63, 3.8) is 0 Å². The van der Waals surface area contributed by atoms with Crippen LogP contribution in [0.5, 0.6) is 0 Å². The number of aromatic nitrogens is 1. The highest BCUT2D eigenvalue weighted by atomic mass is 16.2. The lowest BCUT2D eigenvalue weighted by atomic mass is 10.0. The van der Waals surface area contributed by atoms with Crippen LogP contribution >= 0.6 is 0 Å². The average Bonchev–Trinajstić information content (AvgIpc) is 2.88. The van der Waals surface area contributed by atoms with E-state index in [1.165, 1.54) is 5.56 Å². The van der Waals surface area contributed by atoms with Gasteiger partial charge in [-0.25, -0.2) is 0 Å². The fourth-order valence-corrected chi connectivity index (χ4v) is 3.96. The van der Waals surface area contributed by atoms with Gasteiger partial charge < -0.3 is 15.5 Å². The molecule has 0 aliphatic carbocycles. The third kappa shape index (κ3) is 4.74. The van der Waals surface area contributed by atoms with Crippen molar-refractivity contribution in [1.82, 2.24) is 15.2 Å². The molecule has 1 aromatic heterocycles. The van der Waals surface area contributed by atoms with E-state index in [9.17, 15) is 9.59 Å². The van der Waals surface area contributed by atoms with Crippen LogP contribution in [0.25, 0.3) is 0 Å². The van der Waals surface area contributed by atoms with Crippen molar-refractivity contribution >= 4 is 23.2 Å². The van der Waals surface area contributed by atoms with Gasteiger partial charge in [0.25, 0.3) is 5.91 Å². The van der Waals surface area contributed by atoms with Gasteiger partial charge in [-0.05, 0) is 48.7 Å². The predicted molar refractivity (Wildman–Crippen MR) is 113 cm³/mol. The second kappa shape index (κ2) is 8.61. The molecule has 2 aromatic rings. The smallest absolute Gasteiger partial charge is 0.251 e. The van der Waals surface area contributed by atoms with Gasteiger partial charge in [-0.3, -0.25) is 19.5 Å². The van der Waals surface area contributed by atoms with Crippen molar-refractivity contribution < 1.29 is 9.59 Å². The normalized spacial score (nSPS) is 18.0. The van der Waals surface area contributed by atoms with E-state index in [0.717, 1.165) is 38.2 Å². The molecule has 152 valence electrons.